The number of fused-ring (bicyclic) bond motifs is 1. The molecule has 0 spiro atoms. The van der Waals surface area contributed by atoms with E-state index < -0.39 is 0 Å². The van der Waals surface area contributed by atoms with Gasteiger partial charge in [0.2, 0.25) is 5.91 Å². The summed E-state index contributed by atoms with van der Waals surface area (Å²) in [5.74, 6) is 0.645. The first-order chi connectivity index (χ1) is 11.7. The van der Waals surface area contributed by atoms with Crippen LogP contribution in [0.25, 0.3) is 0 Å². The molecule has 0 atom stereocenters. The Morgan fingerprint density at radius 1 is 1.29 bits per heavy atom. The molecule has 2 N–H and O–H groups in total. The Kier molecular flexibility index (Phi) is 4.98. The topological polar surface area (TPSA) is 77.0 Å². The van der Waals surface area contributed by atoms with Crippen molar-refractivity contribution >= 4 is 17.9 Å². The summed E-state index contributed by atoms with van der Waals surface area (Å²) >= 11 is 0. The van der Waals surface area contributed by atoms with Crippen LogP contribution in [0.1, 0.15) is 18.1 Å². The first kappa shape index (κ1) is 16.3. The number of urea groups is 1. The number of carbonyl (C=O) groups excluding carboxylic acids is 2. The number of nitrogens with zero attached hydrogens (tertiary/aromatic N) is 3. The molecule has 0 saturated carbocycles. The number of hydrogen-bond donors (Lipinski definition) is 2. The van der Waals surface area contributed by atoms with Gasteiger partial charge in [0.05, 0.1) is 19.6 Å². The van der Waals surface area contributed by atoms with E-state index in [-0.39, 0.29) is 18.5 Å². The standard InChI is InChI=1S/C17H23N5O2/c1-2-18-16(19-8-10-22-15(23)11-20-17(22)24)21-9-7-13-5-3-4-6-14(13)12-21/h3-6H,2,7-12H2,1H3,(H,18,19)(H,20,24). The van der Waals surface area contributed by atoms with Gasteiger partial charge in [-0.25, -0.2) is 4.79 Å². The zero-order valence-electron chi connectivity index (χ0n) is 13.9. The van der Waals surface area contributed by atoms with Crippen LogP contribution in [0.15, 0.2) is 29.3 Å². The fourth-order valence-electron chi connectivity index (χ4n) is 3.04. The highest BCUT2D eigenvalue weighted by atomic mass is 16.2. The van der Waals surface area contributed by atoms with Crippen LogP contribution in [0.5, 0.6) is 0 Å². The molecule has 0 unspecified atom stereocenters. The molecule has 7 nitrogen and oxygen atoms in total. The Bertz CT molecular complexity index is 642. The summed E-state index contributed by atoms with van der Waals surface area (Å²) in [6.45, 7) is 5.34. The van der Waals surface area contributed by atoms with Crippen LogP contribution in [0, 0.1) is 0 Å². The zero-order chi connectivity index (χ0) is 16.9. The quantitative estimate of drug-likeness (QED) is 0.481. The van der Waals surface area contributed by atoms with Crippen LogP contribution in [-0.2, 0) is 17.8 Å². The maximum atomic E-state index is 11.6. The molecular weight excluding hydrogens is 306 g/mol. The number of imide groups is 1. The lowest BCUT2D eigenvalue weighted by Gasteiger charge is -2.31. The van der Waals surface area contributed by atoms with Crippen LogP contribution in [0.3, 0.4) is 0 Å². The van der Waals surface area contributed by atoms with Crippen molar-refractivity contribution in [2.75, 3.05) is 32.7 Å². The van der Waals surface area contributed by atoms with Gasteiger partial charge >= 0.3 is 6.03 Å². The molecule has 0 aromatic heterocycles. The summed E-state index contributed by atoms with van der Waals surface area (Å²) in [4.78, 5) is 31.2. The molecule has 1 fully saturated rings. The second-order valence-electron chi connectivity index (χ2n) is 5.88. The fourth-order valence-corrected chi connectivity index (χ4v) is 3.04. The maximum absolute atomic E-state index is 11.6. The molecule has 3 rings (SSSR count). The molecule has 0 radical (unpaired) electrons. The smallest absolute Gasteiger partial charge is 0.324 e. The molecule has 3 amide bonds. The number of aliphatic imine (C=N–C) groups is 1. The molecule has 24 heavy (non-hydrogen) atoms. The van der Waals surface area contributed by atoms with Gasteiger partial charge in [-0.3, -0.25) is 14.7 Å². The highest BCUT2D eigenvalue weighted by molar-refractivity contribution is 6.01. The molecule has 1 aromatic carbocycles. The lowest BCUT2D eigenvalue weighted by Crippen LogP contribution is -2.44. The number of rotatable bonds is 4. The first-order valence-corrected chi connectivity index (χ1v) is 8.37. The summed E-state index contributed by atoms with van der Waals surface area (Å²) in [7, 11) is 0. The average Bonchev–Trinajstić information content (AvgIpc) is 2.92. The van der Waals surface area contributed by atoms with Gasteiger partial charge in [-0.15, -0.1) is 0 Å². The zero-order valence-corrected chi connectivity index (χ0v) is 13.9. The normalized spacial score (nSPS) is 17.8. The van der Waals surface area contributed by atoms with E-state index >= 15 is 0 Å². The summed E-state index contributed by atoms with van der Waals surface area (Å²) in [6.07, 6.45) is 0.994. The fraction of sp³-hybridized carbons (Fsp3) is 0.471. The minimum atomic E-state index is -0.327. The largest absolute Gasteiger partial charge is 0.357 e. The molecule has 1 saturated heterocycles. The molecule has 2 heterocycles. The molecule has 128 valence electrons. The Hall–Kier alpha value is -2.57. The number of benzene rings is 1. The number of amides is 3. The van der Waals surface area contributed by atoms with Crippen molar-refractivity contribution in [3.63, 3.8) is 0 Å². The van der Waals surface area contributed by atoms with E-state index in [1.54, 1.807) is 0 Å². The minimum Gasteiger partial charge on any atom is -0.357 e. The Morgan fingerprint density at radius 2 is 2.08 bits per heavy atom. The Balaban J connectivity index is 1.64. The van der Waals surface area contributed by atoms with E-state index in [4.69, 9.17) is 0 Å². The number of hydrogen-bond acceptors (Lipinski definition) is 3. The van der Waals surface area contributed by atoms with E-state index in [1.807, 2.05) is 6.92 Å². The van der Waals surface area contributed by atoms with Gasteiger partial charge in [-0.05, 0) is 24.5 Å². The highest BCUT2D eigenvalue weighted by Crippen LogP contribution is 2.18. The van der Waals surface area contributed by atoms with Crippen LogP contribution >= 0.6 is 0 Å². The third-order valence-corrected chi connectivity index (χ3v) is 4.29. The van der Waals surface area contributed by atoms with E-state index in [1.165, 1.54) is 16.0 Å². The van der Waals surface area contributed by atoms with Crippen molar-refractivity contribution in [1.82, 2.24) is 20.4 Å². The van der Waals surface area contributed by atoms with Gasteiger partial charge in [0.1, 0.15) is 0 Å². The van der Waals surface area contributed by atoms with Crippen LogP contribution in [0.4, 0.5) is 4.79 Å². The molecule has 1 aromatic rings. The number of nitrogens with one attached hydrogen (secondary N) is 2. The minimum absolute atomic E-state index is 0.0888. The van der Waals surface area contributed by atoms with Crippen LogP contribution in [-0.4, -0.2) is 60.4 Å². The summed E-state index contributed by atoms with van der Waals surface area (Å²) in [5, 5.41) is 5.82. The van der Waals surface area contributed by atoms with E-state index in [2.05, 4.69) is 44.8 Å². The third kappa shape index (κ3) is 3.50. The van der Waals surface area contributed by atoms with Crippen molar-refractivity contribution in [1.29, 1.82) is 0 Å². The lowest BCUT2D eigenvalue weighted by molar-refractivity contribution is -0.124. The third-order valence-electron chi connectivity index (χ3n) is 4.29. The van der Waals surface area contributed by atoms with Gasteiger partial charge in [-0.1, -0.05) is 24.3 Å². The highest BCUT2D eigenvalue weighted by Gasteiger charge is 2.27. The second kappa shape index (κ2) is 7.33. The van der Waals surface area contributed by atoms with E-state index in [9.17, 15) is 9.59 Å². The lowest BCUT2D eigenvalue weighted by atomic mass is 10.0. The van der Waals surface area contributed by atoms with Crippen molar-refractivity contribution < 1.29 is 9.59 Å². The Labute approximate surface area is 141 Å². The van der Waals surface area contributed by atoms with Gasteiger partial charge in [-0.2, -0.15) is 0 Å². The Morgan fingerprint density at radius 3 is 2.79 bits per heavy atom. The van der Waals surface area contributed by atoms with Gasteiger partial charge < -0.3 is 15.5 Å². The summed E-state index contributed by atoms with van der Waals surface area (Å²) < 4.78 is 0. The average molecular weight is 329 g/mol. The number of carbonyl (C=O) groups is 2. The molecule has 0 bridgehead atoms. The van der Waals surface area contributed by atoms with Crippen molar-refractivity contribution in [3.05, 3.63) is 35.4 Å². The summed E-state index contributed by atoms with van der Waals surface area (Å²) in [5.41, 5.74) is 2.72. The van der Waals surface area contributed by atoms with Gasteiger partial charge in [0.25, 0.3) is 0 Å². The molecular formula is C17H23N5O2. The monoisotopic (exact) mass is 329 g/mol. The van der Waals surface area contributed by atoms with E-state index in [0.29, 0.717) is 13.1 Å². The molecule has 7 heteroatoms. The maximum Gasteiger partial charge on any atom is 0.324 e. The predicted molar refractivity (Wildman–Crippen MR) is 91.6 cm³/mol. The molecule has 0 aliphatic carbocycles. The van der Waals surface area contributed by atoms with Crippen molar-refractivity contribution in [2.45, 2.75) is 19.9 Å². The first-order valence-electron chi connectivity index (χ1n) is 8.37. The van der Waals surface area contributed by atoms with Crippen LogP contribution < -0.4 is 10.6 Å². The van der Waals surface area contributed by atoms with Gasteiger partial charge in [0.15, 0.2) is 5.96 Å². The van der Waals surface area contributed by atoms with E-state index in [0.717, 1.165) is 32.0 Å². The van der Waals surface area contributed by atoms with Crippen molar-refractivity contribution in [2.24, 2.45) is 4.99 Å². The SMILES string of the molecule is CCNC(=NCCN1C(=O)CNC1=O)N1CCc2ccccc2C1. The van der Waals surface area contributed by atoms with Gasteiger partial charge in [0, 0.05) is 19.6 Å². The molecule has 2 aliphatic heterocycles. The van der Waals surface area contributed by atoms with Crippen LogP contribution in [0.2, 0.25) is 0 Å². The molecule has 2 aliphatic rings. The second-order valence-corrected chi connectivity index (χ2v) is 5.88. The number of guanidine groups is 1. The summed E-state index contributed by atoms with van der Waals surface area (Å²) in [6, 6.07) is 8.13. The van der Waals surface area contributed by atoms with Crippen molar-refractivity contribution in [3.8, 4) is 0 Å². The predicted octanol–water partition coefficient (Wildman–Crippen LogP) is 0.562.